The number of hydrogen-bond acceptors (Lipinski definition) is 5. The number of carbonyl (C=O) groups is 1. The molecule has 27 heavy (non-hydrogen) atoms. The SMILES string of the molecule is CCCCCCCC/C=C\CCCCCCCCOC(=O)[C@H](O)N(O)CC. The quantitative estimate of drug-likeness (QED) is 0.0996. The van der Waals surface area contributed by atoms with Gasteiger partial charge in [0.15, 0.2) is 0 Å². The zero-order valence-corrected chi connectivity index (χ0v) is 17.7. The zero-order chi connectivity index (χ0) is 20.2. The molecule has 0 bridgehead atoms. The molecule has 0 rings (SSSR count). The molecule has 2 N–H and O–H groups in total. The lowest BCUT2D eigenvalue weighted by atomic mass is 10.1. The maximum atomic E-state index is 11.4. The van der Waals surface area contributed by atoms with Gasteiger partial charge in [0.05, 0.1) is 6.61 Å². The van der Waals surface area contributed by atoms with Crippen LogP contribution in [0.4, 0.5) is 0 Å². The van der Waals surface area contributed by atoms with Gasteiger partial charge in [0.25, 0.3) is 0 Å². The van der Waals surface area contributed by atoms with Gasteiger partial charge in [-0.15, -0.1) is 0 Å². The molecule has 5 heteroatoms. The molecule has 0 saturated carbocycles. The minimum atomic E-state index is -1.58. The summed E-state index contributed by atoms with van der Waals surface area (Å²) in [6, 6.07) is 0. The van der Waals surface area contributed by atoms with Crippen molar-refractivity contribution in [3.8, 4) is 0 Å². The maximum absolute atomic E-state index is 11.4. The molecule has 0 spiro atoms. The molecule has 0 aliphatic heterocycles. The molecule has 0 radical (unpaired) electrons. The van der Waals surface area contributed by atoms with E-state index >= 15 is 0 Å². The van der Waals surface area contributed by atoms with E-state index in [-0.39, 0.29) is 6.54 Å². The third-order valence-corrected chi connectivity index (χ3v) is 4.72. The lowest BCUT2D eigenvalue weighted by molar-refractivity contribution is -0.213. The second kappa shape index (κ2) is 19.8. The summed E-state index contributed by atoms with van der Waals surface area (Å²) in [7, 11) is 0. The van der Waals surface area contributed by atoms with Crippen LogP contribution in [0.5, 0.6) is 0 Å². The second-order valence-corrected chi connectivity index (χ2v) is 7.23. The molecule has 0 aromatic heterocycles. The Morgan fingerprint density at radius 2 is 1.33 bits per heavy atom. The van der Waals surface area contributed by atoms with Crippen molar-refractivity contribution in [1.29, 1.82) is 0 Å². The fourth-order valence-electron chi connectivity index (χ4n) is 2.89. The van der Waals surface area contributed by atoms with E-state index in [0.29, 0.717) is 11.7 Å². The van der Waals surface area contributed by atoms with Crippen molar-refractivity contribution < 1.29 is 19.8 Å². The molecule has 0 fully saturated rings. The first-order chi connectivity index (χ1) is 13.1. The summed E-state index contributed by atoms with van der Waals surface area (Å²) in [5.41, 5.74) is 0. The Bertz CT molecular complexity index is 360. The van der Waals surface area contributed by atoms with Crippen LogP contribution in [-0.4, -0.2) is 40.7 Å². The van der Waals surface area contributed by atoms with Crippen molar-refractivity contribution in [2.24, 2.45) is 0 Å². The van der Waals surface area contributed by atoms with E-state index in [4.69, 9.17) is 4.74 Å². The van der Waals surface area contributed by atoms with Gasteiger partial charge in [0.2, 0.25) is 6.23 Å². The molecule has 0 aliphatic carbocycles. The van der Waals surface area contributed by atoms with Crippen LogP contribution in [0, 0.1) is 0 Å². The van der Waals surface area contributed by atoms with Gasteiger partial charge in [-0.25, -0.2) is 4.79 Å². The Balaban J connectivity index is 3.29. The van der Waals surface area contributed by atoms with E-state index in [1.165, 1.54) is 70.6 Å². The third kappa shape index (κ3) is 17.0. The molecule has 160 valence electrons. The number of hydrogen-bond donors (Lipinski definition) is 2. The Morgan fingerprint density at radius 3 is 1.85 bits per heavy atom. The Labute approximate surface area is 166 Å². The molecule has 0 amide bonds. The molecule has 0 aromatic rings. The summed E-state index contributed by atoms with van der Waals surface area (Å²) in [6.07, 6.45) is 20.4. The van der Waals surface area contributed by atoms with Gasteiger partial charge < -0.3 is 15.1 Å². The van der Waals surface area contributed by atoms with E-state index < -0.39 is 12.2 Å². The number of allylic oxidation sites excluding steroid dienone is 2. The lowest BCUT2D eigenvalue weighted by Crippen LogP contribution is -2.39. The van der Waals surface area contributed by atoms with Crippen LogP contribution in [0.2, 0.25) is 0 Å². The minimum Gasteiger partial charge on any atom is -0.463 e. The smallest absolute Gasteiger partial charge is 0.352 e. The number of carbonyl (C=O) groups excluding carboxylic acids is 1. The summed E-state index contributed by atoms with van der Waals surface area (Å²) in [4.78, 5) is 11.4. The first-order valence-electron chi connectivity index (χ1n) is 11.1. The number of aliphatic hydroxyl groups is 1. The monoisotopic (exact) mass is 385 g/mol. The van der Waals surface area contributed by atoms with Crippen LogP contribution in [0.3, 0.4) is 0 Å². The van der Waals surface area contributed by atoms with Gasteiger partial charge in [-0.2, -0.15) is 5.06 Å². The van der Waals surface area contributed by atoms with Crippen molar-refractivity contribution in [1.82, 2.24) is 5.06 Å². The first-order valence-corrected chi connectivity index (χ1v) is 11.1. The first kappa shape index (κ1) is 26.1. The topological polar surface area (TPSA) is 70.0 Å². The average Bonchev–Trinajstić information content (AvgIpc) is 2.68. The van der Waals surface area contributed by atoms with Crippen molar-refractivity contribution >= 4 is 5.97 Å². The molecule has 0 aliphatic rings. The number of ether oxygens (including phenoxy) is 1. The fraction of sp³-hybridized carbons (Fsp3) is 0.864. The van der Waals surface area contributed by atoms with Crippen LogP contribution in [0.1, 0.15) is 104 Å². The van der Waals surface area contributed by atoms with Gasteiger partial charge in [-0.05, 0) is 39.0 Å². The predicted octanol–water partition coefficient (Wildman–Crippen LogP) is 5.60. The molecule has 5 nitrogen and oxygen atoms in total. The Morgan fingerprint density at radius 1 is 0.852 bits per heavy atom. The van der Waals surface area contributed by atoms with Crippen LogP contribution >= 0.6 is 0 Å². The fourth-order valence-corrected chi connectivity index (χ4v) is 2.89. The molecular weight excluding hydrogens is 342 g/mol. The number of hydroxylamine groups is 2. The summed E-state index contributed by atoms with van der Waals surface area (Å²) in [5.74, 6) is -0.785. The normalized spacial score (nSPS) is 12.8. The number of nitrogens with zero attached hydrogens (tertiary/aromatic N) is 1. The number of likely N-dealkylation sites (N-methyl/N-ethyl adjacent to an activating group) is 1. The highest BCUT2D eigenvalue weighted by Crippen LogP contribution is 2.10. The standard InChI is InChI=1S/C22H43NO4/c1-3-5-6-7-8-9-10-11-12-13-14-15-16-17-18-19-20-27-22(25)21(24)23(26)4-2/h11-12,21,24,26H,3-10,13-20H2,1-2H3/b12-11-/t21-/m0/s1. The molecule has 1 atom stereocenters. The highest BCUT2D eigenvalue weighted by atomic mass is 16.6. The van der Waals surface area contributed by atoms with E-state index in [1.54, 1.807) is 6.92 Å². The molecule has 0 saturated heterocycles. The van der Waals surface area contributed by atoms with Gasteiger partial charge in [-0.3, -0.25) is 0 Å². The second-order valence-electron chi connectivity index (χ2n) is 7.23. The van der Waals surface area contributed by atoms with Crippen molar-refractivity contribution in [2.75, 3.05) is 13.2 Å². The Kier molecular flexibility index (Phi) is 19.2. The van der Waals surface area contributed by atoms with Gasteiger partial charge in [0.1, 0.15) is 0 Å². The average molecular weight is 386 g/mol. The van der Waals surface area contributed by atoms with Crippen molar-refractivity contribution in [2.45, 2.75) is 110 Å². The number of unbranched alkanes of at least 4 members (excludes halogenated alkanes) is 12. The highest BCUT2D eigenvalue weighted by Gasteiger charge is 2.21. The van der Waals surface area contributed by atoms with Crippen LogP contribution in [0.25, 0.3) is 0 Å². The van der Waals surface area contributed by atoms with E-state index in [2.05, 4.69) is 19.1 Å². The molecular formula is C22H43NO4. The largest absolute Gasteiger partial charge is 0.463 e. The minimum absolute atomic E-state index is 0.171. The molecule has 0 unspecified atom stereocenters. The Hall–Kier alpha value is -0.910. The summed E-state index contributed by atoms with van der Waals surface area (Å²) in [5, 5.41) is 19.2. The summed E-state index contributed by atoms with van der Waals surface area (Å²) >= 11 is 0. The summed E-state index contributed by atoms with van der Waals surface area (Å²) in [6.45, 7) is 4.37. The van der Waals surface area contributed by atoms with Gasteiger partial charge in [-0.1, -0.05) is 76.9 Å². The van der Waals surface area contributed by atoms with Crippen molar-refractivity contribution in [3.63, 3.8) is 0 Å². The van der Waals surface area contributed by atoms with Crippen LogP contribution < -0.4 is 0 Å². The third-order valence-electron chi connectivity index (χ3n) is 4.72. The van der Waals surface area contributed by atoms with Crippen LogP contribution in [0.15, 0.2) is 12.2 Å². The molecule has 0 aromatic carbocycles. The van der Waals surface area contributed by atoms with Crippen molar-refractivity contribution in [3.05, 3.63) is 12.2 Å². The highest BCUT2D eigenvalue weighted by molar-refractivity contribution is 5.73. The molecule has 0 heterocycles. The van der Waals surface area contributed by atoms with Crippen LogP contribution in [-0.2, 0) is 9.53 Å². The predicted molar refractivity (Wildman–Crippen MR) is 111 cm³/mol. The number of esters is 1. The zero-order valence-electron chi connectivity index (χ0n) is 17.7. The van der Waals surface area contributed by atoms with E-state index in [0.717, 1.165) is 19.3 Å². The number of aliphatic hydroxyl groups excluding tert-OH is 1. The van der Waals surface area contributed by atoms with E-state index in [1.807, 2.05) is 0 Å². The summed E-state index contributed by atoms with van der Waals surface area (Å²) < 4.78 is 4.95. The van der Waals surface area contributed by atoms with E-state index in [9.17, 15) is 15.1 Å². The number of rotatable bonds is 19. The van der Waals surface area contributed by atoms with Gasteiger partial charge >= 0.3 is 5.97 Å². The lowest BCUT2D eigenvalue weighted by Gasteiger charge is -2.17. The maximum Gasteiger partial charge on any atom is 0.352 e. The van der Waals surface area contributed by atoms with Gasteiger partial charge in [0, 0.05) is 6.54 Å².